The predicted molar refractivity (Wildman–Crippen MR) is 71.9 cm³/mol. The van der Waals surface area contributed by atoms with Gasteiger partial charge in [0.25, 0.3) is 0 Å². The summed E-state index contributed by atoms with van der Waals surface area (Å²) < 4.78 is 17.8. The predicted octanol–water partition coefficient (Wildman–Crippen LogP) is 2.99. The zero-order valence-electron chi connectivity index (χ0n) is 10.6. The second-order valence-corrected chi connectivity index (χ2v) is 4.86. The highest BCUT2D eigenvalue weighted by atomic mass is 32.1. The van der Waals surface area contributed by atoms with Crippen LogP contribution in [0.15, 0.2) is 23.6 Å². The van der Waals surface area contributed by atoms with Crippen molar-refractivity contribution >= 4 is 23.0 Å². The third kappa shape index (κ3) is 3.29. The molecule has 100 valence electrons. The Morgan fingerprint density at radius 1 is 1.53 bits per heavy atom. The molecule has 2 aromatic rings. The summed E-state index contributed by atoms with van der Waals surface area (Å²) in [5.74, 6) is -1.05. The summed E-state index contributed by atoms with van der Waals surface area (Å²) in [6.07, 6.45) is 0. The van der Waals surface area contributed by atoms with Gasteiger partial charge in [-0.3, -0.25) is 0 Å². The highest BCUT2D eigenvalue weighted by Crippen LogP contribution is 2.19. The molecule has 0 saturated carbocycles. The number of anilines is 1. The summed E-state index contributed by atoms with van der Waals surface area (Å²) >= 11 is 1.53. The summed E-state index contributed by atoms with van der Waals surface area (Å²) in [6.45, 7) is 2.39. The molecule has 0 spiro atoms. The molecular weight excluding hydrogens is 267 g/mol. The monoisotopic (exact) mass is 280 g/mol. The van der Waals surface area contributed by atoms with Crippen molar-refractivity contribution in [2.45, 2.75) is 13.5 Å². The average molecular weight is 280 g/mol. The van der Waals surface area contributed by atoms with Crippen LogP contribution in [-0.2, 0) is 11.3 Å². The number of aromatic nitrogens is 1. The molecule has 0 saturated heterocycles. The number of aryl methyl sites for hydroxylation is 1. The number of thiazole rings is 1. The van der Waals surface area contributed by atoms with E-state index in [0.29, 0.717) is 12.2 Å². The molecule has 4 nitrogen and oxygen atoms in total. The van der Waals surface area contributed by atoms with Crippen LogP contribution in [0.4, 0.5) is 10.1 Å². The second-order valence-electron chi connectivity index (χ2n) is 3.92. The largest absolute Gasteiger partial charge is 0.465 e. The van der Waals surface area contributed by atoms with Crippen LogP contribution in [0, 0.1) is 12.7 Å². The van der Waals surface area contributed by atoms with Crippen LogP contribution in [0.2, 0.25) is 0 Å². The lowest BCUT2D eigenvalue weighted by atomic mass is 10.1. The topological polar surface area (TPSA) is 51.2 Å². The molecule has 1 heterocycles. The van der Waals surface area contributed by atoms with E-state index < -0.39 is 11.8 Å². The summed E-state index contributed by atoms with van der Waals surface area (Å²) in [7, 11) is 1.27. The van der Waals surface area contributed by atoms with Gasteiger partial charge in [-0.05, 0) is 25.1 Å². The smallest absolute Gasteiger partial charge is 0.340 e. The van der Waals surface area contributed by atoms with E-state index in [2.05, 4.69) is 15.0 Å². The number of carbonyl (C=O) groups excluding carboxylic acids is 1. The van der Waals surface area contributed by atoms with Crippen molar-refractivity contribution in [3.8, 4) is 0 Å². The molecule has 0 radical (unpaired) electrons. The van der Waals surface area contributed by atoms with Crippen molar-refractivity contribution < 1.29 is 13.9 Å². The normalized spacial score (nSPS) is 10.3. The Bertz CT molecular complexity index is 598. The third-order valence-electron chi connectivity index (χ3n) is 2.48. The minimum Gasteiger partial charge on any atom is -0.465 e. The van der Waals surface area contributed by atoms with E-state index in [1.807, 2.05) is 12.3 Å². The lowest BCUT2D eigenvalue weighted by Gasteiger charge is -2.09. The molecule has 1 aromatic carbocycles. The quantitative estimate of drug-likeness (QED) is 0.875. The number of rotatable bonds is 4. The maximum atomic E-state index is 13.2. The van der Waals surface area contributed by atoms with Crippen molar-refractivity contribution in [1.82, 2.24) is 4.98 Å². The van der Waals surface area contributed by atoms with E-state index >= 15 is 0 Å². The molecule has 0 aliphatic carbocycles. The highest BCUT2D eigenvalue weighted by Gasteiger charge is 2.13. The van der Waals surface area contributed by atoms with Gasteiger partial charge in [0, 0.05) is 16.8 Å². The molecule has 1 aromatic heterocycles. The van der Waals surface area contributed by atoms with E-state index in [1.165, 1.54) is 30.6 Å². The molecule has 0 amide bonds. The van der Waals surface area contributed by atoms with Crippen molar-refractivity contribution in [2.75, 3.05) is 12.4 Å². The Kier molecular flexibility index (Phi) is 4.11. The molecule has 19 heavy (non-hydrogen) atoms. The van der Waals surface area contributed by atoms with Crippen LogP contribution in [-0.4, -0.2) is 18.1 Å². The zero-order chi connectivity index (χ0) is 13.8. The minimum atomic E-state index is -0.572. The standard InChI is InChI=1S/C13H13FN2O2S/c1-8-7-19-12(16-8)6-15-11-4-3-9(14)5-10(11)13(17)18-2/h3-5,7,15H,6H2,1-2H3. The van der Waals surface area contributed by atoms with E-state index in [0.717, 1.165) is 16.8 Å². The lowest BCUT2D eigenvalue weighted by Crippen LogP contribution is -2.08. The number of hydrogen-bond donors (Lipinski definition) is 1. The van der Waals surface area contributed by atoms with Gasteiger partial charge in [0.05, 0.1) is 19.2 Å². The Labute approximate surface area is 114 Å². The molecule has 0 fully saturated rings. The van der Waals surface area contributed by atoms with Crippen LogP contribution in [0.1, 0.15) is 21.1 Å². The van der Waals surface area contributed by atoms with Gasteiger partial charge in [0.2, 0.25) is 0 Å². The fraction of sp³-hybridized carbons (Fsp3) is 0.231. The highest BCUT2D eigenvalue weighted by molar-refractivity contribution is 7.09. The number of carbonyl (C=O) groups is 1. The fourth-order valence-electron chi connectivity index (χ4n) is 1.60. The summed E-state index contributed by atoms with van der Waals surface area (Å²) in [5.41, 5.74) is 1.66. The van der Waals surface area contributed by atoms with E-state index in [1.54, 1.807) is 0 Å². The van der Waals surface area contributed by atoms with Gasteiger partial charge in [-0.25, -0.2) is 14.2 Å². The second kappa shape index (κ2) is 5.79. The Hall–Kier alpha value is -1.95. The first-order valence-corrected chi connectivity index (χ1v) is 6.51. The molecule has 0 unspecified atom stereocenters. The number of benzene rings is 1. The maximum absolute atomic E-state index is 13.2. The Balaban J connectivity index is 2.17. The summed E-state index contributed by atoms with van der Waals surface area (Å²) in [5, 5.41) is 5.91. The molecule has 0 bridgehead atoms. The van der Waals surface area contributed by atoms with E-state index in [9.17, 15) is 9.18 Å². The van der Waals surface area contributed by atoms with Crippen LogP contribution in [0.3, 0.4) is 0 Å². The van der Waals surface area contributed by atoms with Gasteiger partial charge < -0.3 is 10.1 Å². The first kappa shape index (κ1) is 13.5. The van der Waals surface area contributed by atoms with Crippen LogP contribution >= 0.6 is 11.3 Å². The first-order chi connectivity index (χ1) is 9.10. The van der Waals surface area contributed by atoms with Gasteiger partial charge in [-0.2, -0.15) is 0 Å². The van der Waals surface area contributed by atoms with E-state index in [-0.39, 0.29) is 5.56 Å². The van der Waals surface area contributed by atoms with Crippen molar-refractivity contribution in [3.63, 3.8) is 0 Å². The molecular formula is C13H13FN2O2S. The number of methoxy groups -OCH3 is 1. The van der Waals surface area contributed by atoms with Crippen molar-refractivity contribution in [1.29, 1.82) is 0 Å². The van der Waals surface area contributed by atoms with Crippen molar-refractivity contribution in [2.24, 2.45) is 0 Å². The summed E-state index contributed by atoms with van der Waals surface area (Å²) in [6, 6.07) is 3.96. The van der Waals surface area contributed by atoms with Gasteiger partial charge in [0.1, 0.15) is 10.8 Å². The van der Waals surface area contributed by atoms with Crippen LogP contribution in [0.25, 0.3) is 0 Å². The zero-order valence-corrected chi connectivity index (χ0v) is 11.4. The molecule has 1 N–H and O–H groups in total. The number of hydrogen-bond acceptors (Lipinski definition) is 5. The first-order valence-electron chi connectivity index (χ1n) is 5.63. The Morgan fingerprint density at radius 2 is 2.32 bits per heavy atom. The van der Waals surface area contributed by atoms with Crippen molar-refractivity contribution in [3.05, 3.63) is 45.7 Å². The maximum Gasteiger partial charge on any atom is 0.340 e. The van der Waals surface area contributed by atoms with Gasteiger partial charge in [-0.1, -0.05) is 0 Å². The number of ether oxygens (including phenoxy) is 1. The average Bonchev–Trinajstić information content (AvgIpc) is 2.82. The van der Waals surface area contributed by atoms with Gasteiger partial charge in [-0.15, -0.1) is 11.3 Å². The minimum absolute atomic E-state index is 0.177. The number of halogens is 1. The molecule has 0 atom stereocenters. The Morgan fingerprint density at radius 3 is 2.95 bits per heavy atom. The van der Waals surface area contributed by atoms with Gasteiger partial charge in [0.15, 0.2) is 0 Å². The van der Waals surface area contributed by atoms with Crippen LogP contribution < -0.4 is 5.32 Å². The van der Waals surface area contributed by atoms with E-state index in [4.69, 9.17) is 0 Å². The third-order valence-corrected chi connectivity index (χ3v) is 3.45. The molecule has 0 aliphatic heterocycles. The van der Waals surface area contributed by atoms with Crippen LogP contribution in [0.5, 0.6) is 0 Å². The van der Waals surface area contributed by atoms with Gasteiger partial charge >= 0.3 is 5.97 Å². The molecule has 6 heteroatoms. The SMILES string of the molecule is COC(=O)c1cc(F)ccc1NCc1nc(C)cs1. The number of esters is 1. The number of nitrogens with one attached hydrogen (secondary N) is 1. The molecule has 0 aliphatic rings. The number of nitrogens with zero attached hydrogens (tertiary/aromatic N) is 1. The lowest BCUT2D eigenvalue weighted by molar-refractivity contribution is 0.0601. The fourth-order valence-corrected chi connectivity index (χ4v) is 2.32. The summed E-state index contributed by atoms with van der Waals surface area (Å²) in [4.78, 5) is 15.9. The molecule has 2 rings (SSSR count).